The third kappa shape index (κ3) is 5.43. The molecule has 0 saturated carbocycles. The lowest BCUT2D eigenvalue weighted by Crippen LogP contribution is -2.49. The molecule has 0 fully saturated rings. The van der Waals surface area contributed by atoms with Crippen molar-refractivity contribution in [1.29, 1.82) is 0 Å². The zero-order valence-electron chi connectivity index (χ0n) is 16.2. The maximum atomic E-state index is 12.4. The highest BCUT2D eigenvalue weighted by atomic mass is 79.9. The minimum atomic E-state index is -1.54. The van der Waals surface area contributed by atoms with E-state index in [1.807, 2.05) is 0 Å². The van der Waals surface area contributed by atoms with E-state index >= 15 is 0 Å². The van der Waals surface area contributed by atoms with Gasteiger partial charge in [0, 0.05) is 0 Å². The fourth-order valence-corrected chi connectivity index (χ4v) is 3.95. The van der Waals surface area contributed by atoms with Crippen LogP contribution in [0.1, 0.15) is 36.7 Å². The molecule has 1 amide bonds. The number of halogens is 2. The molecular formula is C19H20Br2NO7P. The van der Waals surface area contributed by atoms with Crippen molar-refractivity contribution >= 4 is 52.2 Å². The molecule has 2 aromatic carbocycles. The van der Waals surface area contributed by atoms with Crippen molar-refractivity contribution in [3.05, 3.63) is 50.4 Å². The molecule has 0 bridgehead atoms. The first-order chi connectivity index (χ1) is 13.8. The number of carbonyl (C=O) groups is 2. The Hall–Kier alpha value is -1.87. The number of benzene rings is 2. The summed E-state index contributed by atoms with van der Waals surface area (Å²) in [6, 6.07) is 7.08. The minimum Gasteiger partial charge on any atom is -0.507 e. The fraction of sp³-hybridized carbons (Fsp3) is 0.263. The zero-order chi connectivity index (χ0) is 22.9. The van der Waals surface area contributed by atoms with Crippen molar-refractivity contribution in [2.45, 2.75) is 31.7 Å². The lowest BCUT2D eigenvalue weighted by molar-refractivity contribution is -0.143. The van der Waals surface area contributed by atoms with E-state index < -0.39 is 31.2 Å². The molecule has 2 unspecified atom stereocenters. The van der Waals surface area contributed by atoms with Gasteiger partial charge in [0.15, 0.2) is 5.75 Å². The van der Waals surface area contributed by atoms with Gasteiger partial charge in [-0.2, -0.15) is 0 Å². The number of aliphatic hydroxyl groups is 1. The van der Waals surface area contributed by atoms with E-state index in [1.54, 1.807) is 12.1 Å². The van der Waals surface area contributed by atoms with Crippen LogP contribution in [0.3, 0.4) is 0 Å². The Labute approximate surface area is 190 Å². The van der Waals surface area contributed by atoms with Crippen molar-refractivity contribution in [3.63, 3.8) is 0 Å². The van der Waals surface area contributed by atoms with Crippen LogP contribution in [0, 0.1) is 0 Å². The number of phenols is 1. The summed E-state index contributed by atoms with van der Waals surface area (Å²) in [5.74, 6) is -1.84. The summed E-state index contributed by atoms with van der Waals surface area (Å²) in [5, 5.41) is 30.3. The third-order valence-corrected chi connectivity index (χ3v) is 6.18. The molecule has 2 rings (SSSR count). The molecule has 0 heterocycles. The van der Waals surface area contributed by atoms with Gasteiger partial charge in [0.25, 0.3) is 5.91 Å². The van der Waals surface area contributed by atoms with Crippen LogP contribution in [0.25, 0.3) is 0 Å². The van der Waals surface area contributed by atoms with Gasteiger partial charge in [0.1, 0.15) is 22.4 Å². The van der Waals surface area contributed by atoms with Crippen LogP contribution in [-0.4, -0.2) is 32.7 Å². The summed E-state index contributed by atoms with van der Waals surface area (Å²) in [7, 11) is -1.48. The Bertz CT molecular complexity index is 1000. The number of aromatic hydroxyl groups is 1. The number of phenolic OH excluding ortho intramolecular Hbond substituents is 1. The predicted molar refractivity (Wildman–Crippen MR) is 119 cm³/mol. The van der Waals surface area contributed by atoms with Gasteiger partial charge in [-0.15, -0.1) is 0 Å². The second-order valence-corrected chi connectivity index (χ2v) is 10.3. The predicted octanol–water partition coefficient (Wildman–Crippen LogP) is 4.22. The smallest absolute Gasteiger partial charge is 0.328 e. The summed E-state index contributed by atoms with van der Waals surface area (Å²) in [5.41, 5.74) is -1.29. The number of hydrogen-bond donors (Lipinski definition) is 4. The Morgan fingerprint density at radius 3 is 2.17 bits per heavy atom. The molecule has 8 nitrogen and oxygen atoms in total. The molecule has 0 aliphatic heterocycles. The fourth-order valence-electron chi connectivity index (χ4n) is 2.30. The van der Waals surface area contributed by atoms with Crippen LogP contribution >= 0.6 is 40.3 Å². The summed E-state index contributed by atoms with van der Waals surface area (Å²) in [6.45, 7) is 4.07. The molecular weight excluding hydrogens is 545 g/mol. The third-order valence-electron chi connectivity index (χ3n) is 4.21. The SMILES string of the molecule is CC(C)(NC(=O)c1cc(Oc2c(Br)cc(C(C)(O)[PH2]=O)cc2Br)ccc1O)C(=O)O. The Balaban J connectivity index is 2.37. The van der Waals surface area contributed by atoms with Gasteiger partial charge in [-0.05, 0) is 88.5 Å². The number of rotatable bonds is 7. The molecule has 2 atom stereocenters. The molecule has 0 saturated heterocycles. The van der Waals surface area contributed by atoms with Gasteiger partial charge in [-0.25, -0.2) is 4.79 Å². The molecule has 0 radical (unpaired) electrons. The second kappa shape index (κ2) is 9.09. The molecule has 11 heteroatoms. The average molecular weight is 565 g/mol. The molecule has 0 aliphatic rings. The van der Waals surface area contributed by atoms with Gasteiger partial charge >= 0.3 is 5.97 Å². The molecule has 0 aliphatic carbocycles. The first kappa shape index (κ1) is 24.4. The summed E-state index contributed by atoms with van der Waals surface area (Å²) < 4.78 is 18.0. The molecule has 2 aromatic rings. The van der Waals surface area contributed by atoms with Crippen molar-refractivity contribution in [2.75, 3.05) is 0 Å². The largest absolute Gasteiger partial charge is 0.507 e. The number of carbonyl (C=O) groups excluding carboxylic acids is 1. The lowest BCUT2D eigenvalue weighted by Gasteiger charge is -2.21. The number of amides is 1. The van der Waals surface area contributed by atoms with Crippen molar-refractivity contribution in [2.24, 2.45) is 0 Å². The highest BCUT2D eigenvalue weighted by Gasteiger charge is 2.30. The number of nitrogens with one attached hydrogen (secondary N) is 1. The Morgan fingerprint density at radius 1 is 1.10 bits per heavy atom. The molecule has 0 aromatic heterocycles. The summed E-state index contributed by atoms with van der Waals surface area (Å²) >= 11 is 6.68. The molecule has 4 N–H and O–H groups in total. The molecule has 0 spiro atoms. The number of ether oxygens (including phenoxy) is 1. The van der Waals surface area contributed by atoms with E-state index in [-0.39, 0.29) is 17.1 Å². The summed E-state index contributed by atoms with van der Waals surface area (Å²) in [4.78, 5) is 23.7. The topological polar surface area (TPSA) is 133 Å². The van der Waals surface area contributed by atoms with Crippen LogP contribution in [0.15, 0.2) is 39.3 Å². The van der Waals surface area contributed by atoms with Crippen LogP contribution in [0.2, 0.25) is 0 Å². The van der Waals surface area contributed by atoms with Crippen LogP contribution in [0.4, 0.5) is 0 Å². The number of hydrogen-bond acceptors (Lipinski definition) is 6. The molecule has 30 heavy (non-hydrogen) atoms. The van der Waals surface area contributed by atoms with Gasteiger partial charge in [0.2, 0.25) is 0 Å². The van der Waals surface area contributed by atoms with Gasteiger partial charge in [-0.1, -0.05) is 0 Å². The lowest BCUT2D eigenvalue weighted by atomic mass is 10.0. The van der Waals surface area contributed by atoms with E-state index in [0.29, 0.717) is 20.3 Å². The number of aliphatic carboxylic acids is 1. The maximum absolute atomic E-state index is 12.4. The summed E-state index contributed by atoms with van der Waals surface area (Å²) in [6.07, 6.45) is 0. The minimum absolute atomic E-state index is 0.163. The van der Waals surface area contributed by atoms with Gasteiger partial charge in [-0.3, -0.25) is 4.79 Å². The number of carboxylic acids is 1. The average Bonchev–Trinajstić information content (AvgIpc) is 2.65. The second-order valence-electron chi connectivity index (χ2n) is 7.20. The van der Waals surface area contributed by atoms with Crippen LogP contribution < -0.4 is 10.1 Å². The van der Waals surface area contributed by atoms with Crippen LogP contribution in [-0.2, 0) is 14.7 Å². The van der Waals surface area contributed by atoms with Gasteiger partial charge in [0.05, 0.1) is 23.0 Å². The highest BCUT2D eigenvalue weighted by Crippen LogP contribution is 2.42. The van der Waals surface area contributed by atoms with Crippen molar-refractivity contribution in [3.8, 4) is 17.2 Å². The normalized spacial score (nSPS) is 13.8. The van der Waals surface area contributed by atoms with Gasteiger partial charge < -0.3 is 29.9 Å². The van der Waals surface area contributed by atoms with E-state index in [2.05, 4.69) is 37.2 Å². The quantitative estimate of drug-likeness (QED) is 0.370. The van der Waals surface area contributed by atoms with Crippen LogP contribution in [0.5, 0.6) is 17.2 Å². The standard InChI is InChI=1S/C19H20Br2NO7P/c1-18(2,17(25)26)22-16(24)11-8-10(4-5-14(11)23)29-15-12(20)6-9(7-13(15)21)19(3,27)30-28/h4-8,23,27H,30H2,1-3H3,(H,22,24)(H,25,26). The Kier molecular flexibility index (Phi) is 7.40. The zero-order valence-corrected chi connectivity index (χ0v) is 20.5. The van der Waals surface area contributed by atoms with Crippen molar-refractivity contribution < 1.29 is 34.2 Å². The number of carboxylic acid groups (broad SMARTS) is 1. The molecule has 162 valence electrons. The van der Waals surface area contributed by atoms with E-state index in [0.717, 1.165) is 0 Å². The first-order valence-corrected chi connectivity index (χ1v) is 11.2. The van der Waals surface area contributed by atoms with E-state index in [4.69, 9.17) is 9.84 Å². The van der Waals surface area contributed by atoms with E-state index in [1.165, 1.54) is 39.0 Å². The first-order valence-electron chi connectivity index (χ1n) is 8.53. The maximum Gasteiger partial charge on any atom is 0.328 e. The van der Waals surface area contributed by atoms with E-state index in [9.17, 15) is 24.4 Å². The Morgan fingerprint density at radius 2 is 1.67 bits per heavy atom. The monoisotopic (exact) mass is 563 g/mol. The highest BCUT2D eigenvalue weighted by molar-refractivity contribution is 9.11. The van der Waals surface area contributed by atoms with Crippen molar-refractivity contribution in [1.82, 2.24) is 5.32 Å².